The molecule has 0 aromatic heterocycles. The molecule has 0 radical (unpaired) electrons. The van der Waals surface area contributed by atoms with Gasteiger partial charge in [-0.05, 0) is 43.4 Å². The molecular formula is C22H30N4O8S. The Bertz CT molecular complexity index is 942. The summed E-state index contributed by atoms with van der Waals surface area (Å²) in [6.07, 6.45) is 0.204. The minimum Gasteiger partial charge on any atom is -0.508 e. The maximum atomic E-state index is 13.1. The zero-order valence-electron chi connectivity index (χ0n) is 18.9. The highest BCUT2D eigenvalue weighted by Crippen LogP contribution is 2.20. The molecule has 7 N–H and O–H groups in total. The number of hydrogen-bond donors (Lipinski definition) is 7. The van der Waals surface area contributed by atoms with E-state index in [1.807, 2.05) is 0 Å². The Hall–Kier alpha value is -3.32. The number of hydrogen-bond acceptors (Lipinski definition) is 8. The number of nitrogens with two attached hydrogens (primary N) is 1. The second-order valence-electron chi connectivity index (χ2n) is 8.24. The van der Waals surface area contributed by atoms with Crippen LogP contribution in [0.3, 0.4) is 0 Å². The highest BCUT2D eigenvalue weighted by Gasteiger charge is 2.38. The van der Waals surface area contributed by atoms with Crippen LogP contribution < -0.4 is 16.4 Å². The number of nitrogens with zero attached hydrogens (tertiary/aromatic N) is 1. The monoisotopic (exact) mass is 510 g/mol. The van der Waals surface area contributed by atoms with Crippen LogP contribution in [-0.2, 0) is 30.4 Å². The van der Waals surface area contributed by atoms with Gasteiger partial charge in [0.05, 0.1) is 6.04 Å². The van der Waals surface area contributed by atoms with Crippen LogP contribution in [0.15, 0.2) is 24.3 Å². The molecule has 3 amide bonds. The number of carboxylic acids is 2. The summed E-state index contributed by atoms with van der Waals surface area (Å²) in [6.45, 7) is 0.226. The van der Waals surface area contributed by atoms with Gasteiger partial charge in [-0.2, -0.15) is 12.6 Å². The smallest absolute Gasteiger partial charge is 0.326 e. The second kappa shape index (κ2) is 13.0. The summed E-state index contributed by atoms with van der Waals surface area (Å²) in [7, 11) is 0. The molecule has 4 atom stereocenters. The fourth-order valence-electron chi connectivity index (χ4n) is 3.74. The lowest BCUT2D eigenvalue weighted by Gasteiger charge is -2.29. The number of phenols is 1. The molecule has 13 heteroatoms. The standard InChI is InChI=1S/C22H30N4O8S/c23-14(10-12-3-5-13(27)6-4-12)19(30)25-16(11-35)21(32)26-9-1-2-17(26)20(31)24-15(22(33)34)7-8-18(28)29/h3-6,14-17,27,35H,1-2,7-11,23H2,(H,24,31)(H,25,30)(H,28,29)(H,33,34). The van der Waals surface area contributed by atoms with E-state index in [2.05, 4.69) is 23.3 Å². The Labute approximate surface area is 207 Å². The van der Waals surface area contributed by atoms with Gasteiger partial charge in [-0.1, -0.05) is 12.1 Å². The predicted octanol–water partition coefficient (Wildman–Crippen LogP) is -0.898. The normalized spacial score (nSPS) is 17.8. The molecule has 2 rings (SSSR count). The van der Waals surface area contributed by atoms with E-state index in [1.165, 1.54) is 17.0 Å². The van der Waals surface area contributed by atoms with Gasteiger partial charge in [0.2, 0.25) is 17.7 Å². The molecule has 0 spiro atoms. The van der Waals surface area contributed by atoms with Crippen molar-refractivity contribution in [3.05, 3.63) is 29.8 Å². The van der Waals surface area contributed by atoms with Crippen LogP contribution in [0.4, 0.5) is 0 Å². The van der Waals surface area contributed by atoms with Crippen LogP contribution in [-0.4, -0.2) is 86.3 Å². The van der Waals surface area contributed by atoms with E-state index in [0.29, 0.717) is 12.0 Å². The zero-order chi connectivity index (χ0) is 26.1. The third-order valence-electron chi connectivity index (χ3n) is 5.63. The quantitative estimate of drug-likeness (QED) is 0.174. The number of thiol groups is 1. The largest absolute Gasteiger partial charge is 0.508 e. The molecule has 1 aromatic carbocycles. The van der Waals surface area contributed by atoms with E-state index in [-0.39, 0.29) is 37.3 Å². The lowest BCUT2D eigenvalue weighted by Crippen LogP contribution is -2.57. The van der Waals surface area contributed by atoms with Gasteiger partial charge < -0.3 is 36.6 Å². The number of aliphatic carboxylic acids is 2. The van der Waals surface area contributed by atoms with Crippen molar-refractivity contribution in [3.8, 4) is 5.75 Å². The van der Waals surface area contributed by atoms with Crippen molar-refractivity contribution in [3.63, 3.8) is 0 Å². The molecule has 192 valence electrons. The van der Waals surface area contributed by atoms with Crippen LogP contribution >= 0.6 is 12.6 Å². The average molecular weight is 511 g/mol. The molecule has 0 aliphatic carbocycles. The Kier molecular flexibility index (Phi) is 10.3. The molecule has 35 heavy (non-hydrogen) atoms. The molecular weight excluding hydrogens is 480 g/mol. The van der Waals surface area contributed by atoms with Crippen molar-refractivity contribution in [2.24, 2.45) is 5.73 Å². The summed E-state index contributed by atoms with van der Waals surface area (Å²) >= 11 is 4.15. The summed E-state index contributed by atoms with van der Waals surface area (Å²) < 4.78 is 0. The number of aromatic hydroxyl groups is 1. The van der Waals surface area contributed by atoms with E-state index in [0.717, 1.165) is 0 Å². The summed E-state index contributed by atoms with van der Waals surface area (Å²) in [6, 6.07) is 1.78. The number of rotatable bonds is 12. The highest BCUT2D eigenvalue weighted by atomic mass is 32.1. The van der Waals surface area contributed by atoms with Crippen molar-refractivity contribution in [1.29, 1.82) is 0 Å². The summed E-state index contributed by atoms with van der Waals surface area (Å²) in [5.41, 5.74) is 6.68. The van der Waals surface area contributed by atoms with Crippen molar-refractivity contribution in [1.82, 2.24) is 15.5 Å². The minimum absolute atomic E-state index is 0.0578. The molecule has 0 bridgehead atoms. The number of nitrogens with one attached hydrogen (secondary N) is 2. The Morgan fingerprint density at radius 3 is 2.31 bits per heavy atom. The Balaban J connectivity index is 2.00. The number of amides is 3. The molecule has 1 saturated heterocycles. The number of carboxylic acid groups (broad SMARTS) is 2. The van der Waals surface area contributed by atoms with Crippen LogP contribution in [0.5, 0.6) is 5.75 Å². The molecule has 1 heterocycles. The lowest BCUT2D eigenvalue weighted by molar-refractivity contribution is -0.145. The predicted molar refractivity (Wildman–Crippen MR) is 127 cm³/mol. The van der Waals surface area contributed by atoms with E-state index in [4.69, 9.17) is 10.8 Å². The van der Waals surface area contributed by atoms with Gasteiger partial charge in [-0.25, -0.2) is 4.79 Å². The second-order valence-corrected chi connectivity index (χ2v) is 8.61. The third-order valence-corrected chi connectivity index (χ3v) is 5.99. The molecule has 1 fully saturated rings. The molecule has 1 aliphatic heterocycles. The summed E-state index contributed by atoms with van der Waals surface area (Å²) in [5, 5.41) is 32.3. The van der Waals surface area contributed by atoms with E-state index in [1.54, 1.807) is 12.1 Å². The topological polar surface area (TPSA) is 199 Å². The zero-order valence-corrected chi connectivity index (χ0v) is 19.8. The lowest BCUT2D eigenvalue weighted by atomic mass is 10.1. The molecule has 12 nitrogen and oxygen atoms in total. The fraction of sp³-hybridized carbons (Fsp3) is 0.500. The molecule has 4 unspecified atom stereocenters. The van der Waals surface area contributed by atoms with Gasteiger partial charge >= 0.3 is 11.9 Å². The van der Waals surface area contributed by atoms with Gasteiger partial charge in [0.1, 0.15) is 23.9 Å². The van der Waals surface area contributed by atoms with Crippen LogP contribution in [0.1, 0.15) is 31.2 Å². The first-order valence-electron chi connectivity index (χ1n) is 11.0. The average Bonchev–Trinajstić information content (AvgIpc) is 3.30. The molecule has 0 saturated carbocycles. The van der Waals surface area contributed by atoms with Crippen LogP contribution in [0, 0.1) is 0 Å². The van der Waals surface area contributed by atoms with Crippen molar-refractivity contribution in [2.75, 3.05) is 12.3 Å². The fourth-order valence-corrected chi connectivity index (χ4v) is 3.99. The van der Waals surface area contributed by atoms with Gasteiger partial charge in [-0.3, -0.25) is 19.2 Å². The van der Waals surface area contributed by atoms with E-state index >= 15 is 0 Å². The van der Waals surface area contributed by atoms with Gasteiger partial charge in [-0.15, -0.1) is 0 Å². The van der Waals surface area contributed by atoms with E-state index in [9.17, 15) is 34.2 Å². The van der Waals surface area contributed by atoms with Gasteiger partial charge in [0, 0.05) is 18.7 Å². The Morgan fingerprint density at radius 1 is 1.09 bits per heavy atom. The third kappa shape index (κ3) is 8.14. The SMILES string of the molecule is NC(Cc1ccc(O)cc1)C(=O)NC(CS)C(=O)N1CCCC1C(=O)NC(CCC(=O)O)C(=O)O. The van der Waals surface area contributed by atoms with Gasteiger partial charge in [0.15, 0.2) is 0 Å². The summed E-state index contributed by atoms with van der Waals surface area (Å²) in [4.78, 5) is 61.8. The highest BCUT2D eigenvalue weighted by molar-refractivity contribution is 7.80. The minimum atomic E-state index is -1.41. The van der Waals surface area contributed by atoms with Crippen molar-refractivity contribution < 1.29 is 39.3 Å². The number of phenolic OH excluding ortho intramolecular Hbond substituents is 1. The first-order valence-corrected chi connectivity index (χ1v) is 11.7. The number of likely N-dealkylation sites (tertiary alicyclic amines) is 1. The number of carbonyl (C=O) groups excluding carboxylic acids is 3. The van der Waals surface area contributed by atoms with Crippen LogP contribution in [0.2, 0.25) is 0 Å². The maximum absolute atomic E-state index is 13.1. The Morgan fingerprint density at radius 2 is 1.74 bits per heavy atom. The number of benzene rings is 1. The van der Waals surface area contributed by atoms with E-state index < -0.39 is 60.2 Å². The van der Waals surface area contributed by atoms with Crippen LogP contribution in [0.25, 0.3) is 0 Å². The first kappa shape index (κ1) is 27.9. The van der Waals surface area contributed by atoms with Crippen molar-refractivity contribution >= 4 is 42.3 Å². The number of carbonyl (C=O) groups is 5. The molecule has 1 aliphatic rings. The van der Waals surface area contributed by atoms with Crippen molar-refractivity contribution in [2.45, 2.75) is 56.3 Å². The van der Waals surface area contributed by atoms with Gasteiger partial charge in [0.25, 0.3) is 0 Å². The summed E-state index contributed by atoms with van der Waals surface area (Å²) in [5.74, 6) is -4.41. The molecule has 1 aromatic rings. The maximum Gasteiger partial charge on any atom is 0.326 e. The first-order chi connectivity index (χ1) is 16.5.